The quantitative estimate of drug-likeness (QED) is 0.798. The van der Waals surface area contributed by atoms with Gasteiger partial charge in [0.05, 0.1) is 5.92 Å². The zero-order chi connectivity index (χ0) is 19.8. The molecule has 0 saturated carbocycles. The van der Waals surface area contributed by atoms with Crippen LogP contribution >= 0.6 is 0 Å². The molecule has 3 rings (SSSR count). The van der Waals surface area contributed by atoms with Gasteiger partial charge in [-0.3, -0.25) is 14.4 Å². The Morgan fingerprint density at radius 2 is 1.67 bits per heavy atom. The first-order chi connectivity index (χ1) is 12.7. The van der Waals surface area contributed by atoms with Gasteiger partial charge in [0.15, 0.2) is 0 Å². The Hall–Kier alpha value is -2.37. The molecule has 1 atom stereocenters. The maximum atomic E-state index is 12.9. The molecular weight excluding hydrogens is 342 g/mol. The number of carbonyl (C=O) groups is 3. The van der Waals surface area contributed by atoms with Gasteiger partial charge in [0.25, 0.3) is 5.91 Å². The van der Waals surface area contributed by atoms with Crippen molar-refractivity contribution in [1.82, 2.24) is 14.7 Å². The molecule has 27 heavy (non-hydrogen) atoms. The first-order valence-electron chi connectivity index (χ1n) is 9.62. The number of hydrogen-bond donors (Lipinski definition) is 0. The van der Waals surface area contributed by atoms with E-state index in [9.17, 15) is 14.4 Å². The summed E-state index contributed by atoms with van der Waals surface area (Å²) < 4.78 is 0. The van der Waals surface area contributed by atoms with Gasteiger partial charge in [-0.15, -0.1) is 0 Å². The molecule has 2 aliphatic heterocycles. The van der Waals surface area contributed by atoms with Crippen LogP contribution in [0.5, 0.6) is 0 Å². The van der Waals surface area contributed by atoms with Crippen molar-refractivity contribution >= 4 is 17.7 Å². The lowest BCUT2D eigenvalue weighted by Crippen LogP contribution is -2.52. The number of benzene rings is 1. The number of aryl methyl sites for hydroxylation is 1. The summed E-state index contributed by atoms with van der Waals surface area (Å²) in [6.07, 6.45) is 0.290. The number of likely N-dealkylation sites (tertiary alicyclic amines) is 1. The second-order valence-corrected chi connectivity index (χ2v) is 8.56. The third-order valence-corrected chi connectivity index (χ3v) is 5.43. The molecule has 2 heterocycles. The van der Waals surface area contributed by atoms with Gasteiger partial charge in [0, 0.05) is 50.2 Å². The first kappa shape index (κ1) is 19.4. The minimum Gasteiger partial charge on any atom is -0.339 e. The van der Waals surface area contributed by atoms with Crippen molar-refractivity contribution in [3.63, 3.8) is 0 Å². The van der Waals surface area contributed by atoms with E-state index in [-0.39, 0.29) is 29.2 Å². The molecule has 2 aliphatic rings. The molecule has 0 aromatic heterocycles. The van der Waals surface area contributed by atoms with Gasteiger partial charge in [-0.25, -0.2) is 0 Å². The van der Waals surface area contributed by atoms with Crippen LogP contribution in [-0.2, 0) is 9.59 Å². The standard InChI is InChI=1S/C21H29N3O3/c1-15-6-5-7-16(12-15)19(26)22-8-10-23(11-9-22)20(27)17-13-18(25)24(14-17)21(2,3)4/h5-7,12,17H,8-11,13-14H2,1-4H3. The molecule has 146 valence electrons. The second kappa shape index (κ2) is 7.33. The Balaban J connectivity index is 1.57. The van der Waals surface area contributed by atoms with Crippen molar-refractivity contribution < 1.29 is 14.4 Å². The van der Waals surface area contributed by atoms with Crippen LogP contribution in [0.4, 0.5) is 0 Å². The molecule has 0 radical (unpaired) electrons. The average molecular weight is 371 g/mol. The van der Waals surface area contributed by atoms with E-state index in [0.717, 1.165) is 5.56 Å². The van der Waals surface area contributed by atoms with Crippen LogP contribution in [0.25, 0.3) is 0 Å². The Morgan fingerprint density at radius 3 is 2.22 bits per heavy atom. The fourth-order valence-corrected chi connectivity index (χ4v) is 3.87. The lowest BCUT2D eigenvalue weighted by molar-refractivity contribution is -0.137. The molecule has 6 nitrogen and oxygen atoms in total. The van der Waals surface area contributed by atoms with Crippen LogP contribution in [0.1, 0.15) is 43.1 Å². The lowest BCUT2D eigenvalue weighted by Gasteiger charge is -2.36. The Kier molecular flexibility index (Phi) is 5.27. The number of rotatable bonds is 2. The van der Waals surface area contributed by atoms with Gasteiger partial charge in [-0.1, -0.05) is 17.7 Å². The van der Waals surface area contributed by atoms with Gasteiger partial charge in [-0.05, 0) is 39.8 Å². The number of amides is 3. The summed E-state index contributed by atoms with van der Waals surface area (Å²) in [5.74, 6) is -0.164. The third-order valence-electron chi connectivity index (χ3n) is 5.43. The number of nitrogens with zero attached hydrogens (tertiary/aromatic N) is 3. The SMILES string of the molecule is Cc1cccc(C(=O)N2CCN(C(=O)C3CC(=O)N(C(C)(C)C)C3)CC2)c1. The van der Waals surface area contributed by atoms with Gasteiger partial charge >= 0.3 is 0 Å². The van der Waals surface area contributed by atoms with Crippen molar-refractivity contribution in [2.45, 2.75) is 39.7 Å². The Bertz CT molecular complexity index is 745. The molecule has 1 aromatic carbocycles. The summed E-state index contributed by atoms with van der Waals surface area (Å²) in [4.78, 5) is 43.2. The monoisotopic (exact) mass is 371 g/mol. The predicted octanol–water partition coefficient (Wildman–Crippen LogP) is 1.93. The first-order valence-corrected chi connectivity index (χ1v) is 9.62. The molecule has 0 N–H and O–H groups in total. The van der Waals surface area contributed by atoms with E-state index in [1.165, 1.54) is 0 Å². The van der Waals surface area contributed by atoms with E-state index in [1.54, 1.807) is 9.80 Å². The molecule has 1 aromatic rings. The van der Waals surface area contributed by atoms with Crippen LogP contribution in [0.2, 0.25) is 0 Å². The van der Waals surface area contributed by atoms with Crippen LogP contribution in [0, 0.1) is 12.8 Å². The molecule has 2 saturated heterocycles. The van der Waals surface area contributed by atoms with E-state index in [4.69, 9.17) is 0 Å². The van der Waals surface area contributed by atoms with Crippen molar-refractivity contribution in [3.05, 3.63) is 35.4 Å². The van der Waals surface area contributed by atoms with Crippen LogP contribution in [0.15, 0.2) is 24.3 Å². The van der Waals surface area contributed by atoms with Gasteiger partial charge in [0.1, 0.15) is 0 Å². The number of hydrogen-bond acceptors (Lipinski definition) is 3. The molecule has 3 amide bonds. The minimum absolute atomic E-state index is 0.0146. The predicted molar refractivity (Wildman–Crippen MR) is 103 cm³/mol. The third kappa shape index (κ3) is 4.15. The summed E-state index contributed by atoms with van der Waals surface area (Å²) in [7, 11) is 0. The fraction of sp³-hybridized carbons (Fsp3) is 0.571. The van der Waals surface area contributed by atoms with E-state index in [0.29, 0.717) is 44.7 Å². The topological polar surface area (TPSA) is 60.9 Å². The van der Waals surface area contributed by atoms with Crippen molar-refractivity contribution in [3.8, 4) is 0 Å². The number of carbonyl (C=O) groups excluding carboxylic acids is 3. The van der Waals surface area contributed by atoms with Crippen molar-refractivity contribution in [2.75, 3.05) is 32.7 Å². The van der Waals surface area contributed by atoms with E-state index in [2.05, 4.69) is 0 Å². The van der Waals surface area contributed by atoms with Gasteiger partial charge < -0.3 is 14.7 Å². The number of piperazine rings is 1. The molecule has 0 spiro atoms. The zero-order valence-corrected chi connectivity index (χ0v) is 16.7. The summed E-state index contributed by atoms with van der Waals surface area (Å²) >= 11 is 0. The summed E-state index contributed by atoms with van der Waals surface area (Å²) in [5, 5.41) is 0. The summed E-state index contributed by atoms with van der Waals surface area (Å²) in [6, 6.07) is 7.58. The van der Waals surface area contributed by atoms with Crippen molar-refractivity contribution in [1.29, 1.82) is 0 Å². The second-order valence-electron chi connectivity index (χ2n) is 8.56. The highest BCUT2D eigenvalue weighted by molar-refractivity contribution is 5.94. The van der Waals surface area contributed by atoms with Gasteiger partial charge in [0.2, 0.25) is 11.8 Å². The Morgan fingerprint density at radius 1 is 1.04 bits per heavy atom. The van der Waals surface area contributed by atoms with Crippen molar-refractivity contribution in [2.24, 2.45) is 5.92 Å². The molecule has 2 fully saturated rings. The highest BCUT2D eigenvalue weighted by Crippen LogP contribution is 2.27. The molecule has 0 aliphatic carbocycles. The highest BCUT2D eigenvalue weighted by atomic mass is 16.2. The highest BCUT2D eigenvalue weighted by Gasteiger charge is 2.41. The largest absolute Gasteiger partial charge is 0.339 e. The maximum absolute atomic E-state index is 12.9. The maximum Gasteiger partial charge on any atom is 0.253 e. The molecule has 6 heteroatoms. The van der Waals surface area contributed by atoms with Gasteiger partial charge in [-0.2, -0.15) is 0 Å². The molecule has 1 unspecified atom stereocenters. The van der Waals surface area contributed by atoms with E-state index < -0.39 is 0 Å². The van der Waals surface area contributed by atoms with Crippen LogP contribution in [-0.4, -0.2) is 70.7 Å². The summed E-state index contributed by atoms with van der Waals surface area (Å²) in [6.45, 7) is 10.5. The van der Waals surface area contributed by atoms with E-state index in [1.807, 2.05) is 56.9 Å². The average Bonchev–Trinajstić information content (AvgIpc) is 3.03. The van der Waals surface area contributed by atoms with Crippen LogP contribution < -0.4 is 0 Å². The smallest absolute Gasteiger partial charge is 0.253 e. The fourth-order valence-electron chi connectivity index (χ4n) is 3.87. The summed E-state index contributed by atoms with van der Waals surface area (Å²) in [5.41, 5.74) is 1.49. The minimum atomic E-state index is -0.268. The molecular formula is C21H29N3O3. The normalized spacial score (nSPS) is 21.0. The molecule has 0 bridgehead atoms. The lowest BCUT2D eigenvalue weighted by atomic mass is 10.1. The van der Waals surface area contributed by atoms with E-state index >= 15 is 0 Å². The zero-order valence-electron chi connectivity index (χ0n) is 16.7. The van der Waals surface area contributed by atoms with Crippen LogP contribution in [0.3, 0.4) is 0 Å². The Labute approximate surface area is 161 Å².